The van der Waals surface area contributed by atoms with Crippen molar-refractivity contribution < 1.29 is 24.0 Å². The van der Waals surface area contributed by atoms with E-state index in [1.807, 2.05) is 12.1 Å². The van der Waals surface area contributed by atoms with E-state index in [2.05, 4.69) is 42.0 Å². The molecule has 1 unspecified atom stereocenters. The highest BCUT2D eigenvalue weighted by atomic mass is 16.2. The Labute approximate surface area is 212 Å². The highest BCUT2D eigenvalue weighted by Gasteiger charge is 2.28. The Morgan fingerprint density at radius 3 is 2.00 bits per heavy atom. The molecule has 0 fully saturated rings. The Kier molecular flexibility index (Phi) is 9.92. The minimum Gasteiger partial charge on any atom is -0.344 e. The molecule has 0 aliphatic carbocycles. The third-order valence-electron chi connectivity index (χ3n) is 5.53. The molecule has 0 bridgehead atoms. The molecule has 10 nitrogen and oxygen atoms in total. The molecule has 2 atom stereocenters. The first-order valence-corrected chi connectivity index (χ1v) is 12.0. The zero-order valence-corrected chi connectivity index (χ0v) is 21.8. The Bertz CT molecular complexity index is 993. The monoisotopic (exact) mass is 499 g/mol. The first-order chi connectivity index (χ1) is 16.8. The minimum absolute atomic E-state index is 0.00268. The molecule has 10 heteroatoms. The highest BCUT2D eigenvalue weighted by Crippen LogP contribution is 2.12. The number of hydrogen-bond donors (Lipinski definition) is 4. The quantitative estimate of drug-likeness (QED) is 0.341. The lowest BCUT2D eigenvalue weighted by Crippen LogP contribution is -2.54. The van der Waals surface area contributed by atoms with Gasteiger partial charge in [-0.1, -0.05) is 26.0 Å². The van der Waals surface area contributed by atoms with Crippen LogP contribution in [0.1, 0.15) is 53.5 Å². The first-order valence-electron chi connectivity index (χ1n) is 12.0. The number of nitrogens with zero attached hydrogens (tertiary/aromatic N) is 1. The van der Waals surface area contributed by atoms with Crippen LogP contribution in [0.2, 0.25) is 0 Å². The molecule has 196 valence electrons. The molecule has 4 N–H and O–H groups in total. The lowest BCUT2D eigenvalue weighted by molar-refractivity contribution is -0.137. The van der Waals surface area contributed by atoms with E-state index in [-0.39, 0.29) is 24.4 Å². The van der Waals surface area contributed by atoms with Crippen LogP contribution in [0.3, 0.4) is 0 Å². The van der Waals surface area contributed by atoms with E-state index in [1.165, 1.54) is 0 Å². The van der Waals surface area contributed by atoms with Crippen molar-refractivity contribution in [1.29, 1.82) is 0 Å². The van der Waals surface area contributed by atoms with E-state index >= 15 is 0 Å². The molecule has 1 aromatic carbocycles. The molecule has 0 saturated carbocycles. The molecule has 1 heterocycles. The van der Waals surface area contributed by atoms with Crippen molar-refractivity contribution in [2.75, 3.05) is 11.9 Å². The average molecular weight is 500 g/mol. The van der Waals surface area contributed by atoms with Gasteiger partial charge in [0, 0.05) is 42.9 Å². The number of imide groups is 1. The van der Waals surface area contributed by atoms with Gasteiger partial charge in [-0.2, -0.15) is 0 Å². The largest absolute Gasteiger partial charge is 0.344 e. The SMILES string of the molecule is CC(C)C(NC(=O)CCN1C(=O)C=CC1=O)C(=O)N[C@@H](C)C(=O)Nc1ccc(CNC(C)(C)C)cc1. The van der Waals surface area contributed by atoms with Gasteiger partial charge in [0.1, 0.15) is 12.1 Å². The van der Waals surface area contributed by atoms with Crippen LogP contribution in [0.5, 0.6) is 0 Å². The van der Waals surface area contributed by atoms with Crippen molar-refractivity contribution in [2.24, 2.45) is 5.92 Å². The fourth-order valence-corrected chi connectivity index (χ4v) is 3.34. The van der Waals surface area contributed by atoms with Crippen LogP contribution in [0, 0.1) is 5.92 Å². The lowest BCUT2D eigenvalue weighted by Gasteiger charge is -2.24. The normalized spacial score (nSPS) is 15.1. The third-order valence-corrected chi connectivity index (χ3v) is 5.53. The second-order valence-corrected chi connectivity index (χ2v) is 10.2. The van der Waals surface area contributed by atoms with Gasteiger partial charge in [-0.15, -0.1) is 0 Å². The van der Waals surface area contributed by atoms with Crippen molar-refractivity contribution in [3.63, 3.8) is 0 Å². The fourth-order valence-electron chi connectivity index (χ4n) is 3.34. The van der Waals surface area contributed by atoms with E-state index in [0.717, 1.165) is 22.6 Å². The second-order valence-electron chi connectivity index (χ2n) is 10.2. The first kappa shape index (κ1) is 28.7. The predicted octanol–water partition coefficient (Wildman–Crippen LogP) is 1.47. The minimum atomic E-state index is -0.884. The number of carbonyl (C=O) groups excluding carboxylic acids is 5. The maximum atomic E-state index is 12.8. The van der Waals surface area contributed by atoms with Gasteiger partial charge in [0.2, 0.25) is 17.7 Å². The van der Waals surface area contributed by atoms with Gasteiger partial charge in [-0.25, -0.2) is 0 Å². The van der Waals surface area contributed by atoms with Gasteiger partial charge >= 0.3 is 0 Å². The molecule has 0 radical (unpaired) electrons. The van der Waals surface area contributed by atoms with Crippen molar-refractivity contribution >= 4 is 35.2 Å². The highest BCUT2D eigenvalue weighted by molar-refractivity contribution is 6.13. The molecule has 2 rings (SSSR count). The fraction of sp³-hybridized carbons (Fsp3) is 0.500. The van der Waals surface area contributed by atoms with Gasteiger partial charge in [-0.3, -0.25) is 28.9 Å². The second kappa shape index (κ2) is 12.4. The lowest BCUT2D eigenvalue weighted by atomic mass is 10.0. The maximum absolute atomic E-state index is 12.8. The smallest absolute Gasteiger partial charge is 0.253 e. The molecule has 0 saturated heterocycles. The summed E-state index contributed by atoms with van der Waals surface area (Å²) in [5.74, 6) is -2.57. The summed E-state index contributed by atoms with van der Waals surface area (Å²) >= 11 is 0. The van der Waals surface area contributed by atoms with Gasteiger partial charge in [0.05, 0.1) is 0 Å². The number of rotatable bonds is 11. The predicted molar refractivity (Wildman–Crippen MR) is 137 cm³/mol. The standard InChI is InChI=1S/C26H37N5O5/c1-16(2)23(30-20(32)13-14-31-21(33)11-12-22(31)34)25(36)28-17(3)24(35)29-19-9-7-18(8-10-19)15-27-26(4,5)6/h7-12,16-17,23,27H,13-15H2,1-6H3,(H,28,36)(H,29,35)(H,30,32)/t17-,23?/m0/s1. The van der Waals surface area contributed by atoms with Gasteiger partial charge < -0.3 is 21.3 Å². The number of benzene rings is 1. The number of nitrogens with one attached hydrogen (secondary N) is 4. The zero-order chi connectivity index (χ0) is 27.0. The summed E-state index contributed by atoms with van der Waals surface area (Å²) in [4.78, 5) is 62.0. The molecule has 1 aliphatic heterocycles. The van der Waals surface area contributed by atoms with Crippen LogP contribution in [-0.4, -0.2) is 58.6 Å². The Hall–Kier alpha value is -3.53. The van der Waals surface area contributed by atoms with Crippen LogP contribution in [0.25, 0.3) is 0 Å². The van der Waals surface area contributed by atoms with Gasteiger partial charge in [0.25, 0.3) is 11.8 Å². The van der Waals surface area contributed by atoms with E-state index in [9.17, 15) is 24.0 Å². The molecule has 1 aromatic rings. The molecule has 36 heavy (non-hydrogen) atoms. The van der Waals surface area contributed by atoms with E-state index in [1.54, 1.807) is 32.9 Å². The van der Waals surface area contributed by atoms with E-state index < -0.39 is 41.6 Å². The van der Waals surface area contributed by atoms with E-state index in [4.69, 9.17) is 0 Å². The summed E-state index contributed by atoms with van der Waals surface area (Å²) in [6.45, 7) is 12.0. The van der Waals surface area contributed by atoms with Gasteiger partial charge in [0.15, 0.2) is 0 Å². The summed E-state index contributed by atoms with van der Waals surface area (Å²) < 4.78 is 0. The summed E-state index contributed by atoms with van der Waals surface area (Å²) in [6.07, 6.45) is 2.17. The van der Waals surface area contributed by atoms with E-state index in [0.29, 0.717) is 12.2 Å². The Morgan fingerprint density at radius 2 is 1.47 bits per heavy atom. The Balaban J connectivity index is 1.86. The average Bonchev–Trinajstić information content (AvgIpc) is 3.11. The summed E-state index contributed by atoms with van der Waals surface area (Å²) in [7, 11) is 0. The number of amides is 5. The number of hydrogen-bond acceptors (Lipinski definition) is 6. The van der Waals surface area contributed by atoms with Crippen molar-refractivity contribution in [2.45, 2.75) is 72.1 Å². The molecule has 5 amide bonds. The van der Waals surface area contributed by atoms with Crippen LogP contribution in [-0.2, 0) is 30.5 Å². The Morgan fingerprint density at radius 1 is 0.889 bits per heavy atom. The van der Waals surface area contributed by atoms with Crippen LogP contribution in [0.15, 0.2) is 36.4 Å². The topological polar surface area (TPSA) is 137 Å². The van der Waals surface area contributed by atoms with Crippen molar-refractivity contribution in [3.8, 4) is 0 Å². The van der Waals surface area contributed by atoms with Crippen molar-refractivity contribution in [1.82, 2.24) is 20.9 Å². The number of anilines is 1. The molecule has 0 aromatic heterocycles. The third kappa shape index (κ3) is 8.92. The zero-order valence-electron chi connectivity index (χ0n) is 21.8. The number of carbonyl (C=O) groups is 5. The van der Waals surface area contributed by atoms with Gasteiger partial charge in [-0.05, 0) is 51.3 Å². The molecular formula is C26H37N5O5. The van der Waals surface area contributed by atoms with Crippen molar-refractivity contribution in [3.05, 3.63) is 42.0 Å². The van der Waals surface area contributed by atoms with Crippen LogP contribution in [0.4, 0.5) is 5.69 Å². The molecular weight excluding hydrogens is 462 g/mol. The van der Waals surface area contributed by atoms with Crippen LogP contribution < -0.4 is 21.3 Å². The van der Waals surface area contributed by atoms with Crippen LogP contribution >= 0.6 is 0 Å². The molecule has 0 spiro atoms. The summed E-state index contributed by atoms with van der Waals surface area (Å²) in [5, 5.41) is 11.5. The summed E-state index contributed by atoms with van der Waals surface area (Å²) in [6, 6.07) is 5.71. The summed E-state index contributed by atoms with van der Waals surface area (Å²) in [5.41, 5.74) is 1.68. The maximum Gasteiger partial charge on any atom is 0.253 e. The molecule has 1 aliphatic rings.